The summed E-state index contributed by atoms with van der Waals surface area (Å²) in [6.07, 6.45) is 0.205. The molecule has 0 saturated heterocycles. The van der Waals surface area contributed by atoms with Crippen LogP contribution in [0.15, 0.2) is 35.3 Å². The molecule has 27 heavy (non-hydrogen) atoms. The number of benzene rings is 1. The summed E-state index contributed by atoms with van der Waals surface area (Å²) in [5, 5.41) is 12.6. The zero-order chi connectivity index (χ0) is 19.9. The molecule has 1 aromatic heterocycles. The number of pyridine rings is 1. The molecule has 7 nitrogen and oxygen atoms in total. The minimum atomic E-state index is -2.87. The second kappa shape index (κ2) is 6.49. The highest BCUT2D eigenvalue weighted by Crippen LogP contribution is 2.44. The summed E-state index contributed by atoms with van der Waals surface area (Å²) in [4.78, 5) is 34.0. The molecule has 1 amide bonds. The first-order chi connectivity index (χ1) is 12.6. The van der Waals surface area contributed by atoms with E-state index < -0.39 is 64.1 Å². The molecular weight excluding hydrogens is 374 g/mol. The number of nitro groups is 1. The molecule has 2 aromatic rings. The molecule has 1 aromatic carbocycles. The predicted octanol–water partition coefficient (Wildman–Crippen LogP) is 3.26. The Hall–Kier alpha value is -3.24. The maximum atomic E-state index is 13.9. The highest BCUT2D eigenvalue weighted by molar-refractivity contribution is 6.04. The fraction of sp³-hybridized carbons (Fsp3) is 0.250. The van der Waals surface area contributed by atoms with Crippen LogP contribution in [0.25, 0.3) is 0 Å². The van der Waals surface area contributed by atoms with Crippen molar-refractivity contribution in [3.8, 4) is 0 Å². The van der Waals surface area contributed by atoms with Crippen LogP contribution >= 0.6 is 0 Å². The normalized spacial score (nSPS) is 15.9. The highest BCUT2D eigenvalue weighted by atomic mass is 19.3. The zero-order valence-electron chi connectivity index (χ0n) is 13.4. The average molecular weight is 385 g/mol. The van der Waals surface area contributed by atoms with E-state index in [1.54, 1.807) is 0 Å². The standard InChI is InChI=1S/C16H11F4N3O4/c17-10-4-8(23(26)27)5-11(18)13(10)14(24)21-12-2-1-3-22(15(12)25)9-6-16(19,20)7-9/h1-5,9H,6-7H2,(H,21,24). The molecule has 1 saturated carbocycles. The van der Waals surface area contributed by atoms with E-state index in [-0.39, 0.29) is 5.69 Å². The third-order valence-corrected chi connectivity index (χ3v) is 4.15. The van der Waals surface area contributed by atoms with Gasteiger partial charge in [-0.1, -0.05) is 0 Å². The van der Waals surface area contributed by atoms with Gasteiger partial charge in [-0.25, -0.2) is 17.6 Å². The fourth-order valence-electron chi connectivity index (χ4n) is 2.79. The van der Waals surface area contributed by atoms with Gasteiger partial charge in [-0.15, -0.1) is 0 Å². The number of hydrogen-bond acceptors (Lipinski definition) is 4. The smallest absolute Gasteiger partial charge is 0.275 e. The maximum Gasteiger partial charge on any atom is 0.275 e. The molecule has 0 aliphatic heterocycles. The molecule has 3 rings (SSSR count). The zero-order valence-corrected chi connectivity index (χ0v) is 13.4. The summed E-state index contributed by atoms with van der Waals surface area (Å²) in [5.74, 6) is -7.16. The lowest BCUT2D eigenvalue weighted by atomic mass is 9.88. The molecule has 1 aliphatic rings. The first-order valence-corrected chi connectivity index (χ1v) is 7.63. The van der Waals surface area contributed by atoms with E-state index in [1.807, 2.05) is 5.32 Å². The lowest BCUT2D eigenvalue weighted by molar-refractivity contribution is -0.385. The Morgan fingerprint density at radius 1 is 1.26 bits per heavy atom. The van der Waals surface area contributed by atoms with Crippen LogP contribution in [0.4, 0.5) is 28.9 Å². The number of alkyl halides is 2. The number of non-ortho nitro benzene ring substituents is 1. The van der Waals surface area contributed by atoms with E-state index in [4.69, 9.17) is 0 Å². The number of aromatic nitrogens is 1. The summed E-state index contributed by atoms with van der Waals surface area (Å²) in [7, 11) is 0. The molecule has 0 spiro atoms. The Morgan fingerprint density at radius 2 is 1.85 bits per heavy atom. The molecule has 142 valence electrons. The van der Waals surface area contributed by atoms with Crippen LogP contribution in [0, 0.1) is 21.7 Å². The lowest BCUT2D eigenvalue weighted by Crippen LogP contribution is -2.41. The number of nitro benzene ring substituents is 1. The number of halogens is 4. The van der Waals surface area contributed by atoms with E-state index in [2.05, 4.69) is 0 Å². The summed E-state index contributed by atoms with van der Waals surface area (Å²) in [6.45, 7) is 0. The van der Waals surface area contributed by atoms with Crippen molar-refractivity contribution >= 4 is 17.3 Å². The van der Waals surface area contributed by atoms with Gasteiger partial charge in [-0.2, -0.15) is 0 Å². The third-order valence-electron chi connectivity index (χ3n) is 4.15. The van der Waals surface area contributed by atoms with Gasteiger partial charge in [0.05, 0.1) is 17.1 Å². The molecule has 0 radical (unpaired) electrons. The van der Waals surface area contributed by atoms with Crippen LogP contribution < -0.4 is 10.9 Å². The number of amides is 1. The summed E-state index contributed by atoms with van der Waals surface area (Å²) < 4.78 is 54.8. The van der Waals surface area contributed by atoms with Crippen molar-refractivity contribution in [3.63, 3.8) is 0 Å². The molecule has 0 atom stereocenters. The number of hydrogen-bond donors (Lipinski definition) is 1. The second-order valence-electron chi connectivity index (χ2n) is 6.05. The van der Waals surface area contributed by atoms with Gasteiger partial charge < -0.3 is 9.88 Å². The van der Waals surface area contributed by atoms with Gasteiger partial charge in [-0.3, -0.25) is 19.7 Å². The van der Waals surface area contributed by atoms with Gasteiger partial charge in [0.1, 0.15) is 22.9 Å². The second-order valence-corrected chi connectivity index (χ2v) is 6.05. The van der Waals surface area contributed by atoms with E-state index in [0.717, 1.165) is 10.6 Å². The molecule has 1 aliphatic carbocycles. The molecular formula is C16H11F4N3O4. The van der Waals surface area contributed by atoms with Gasteiger partial charge in [0.2, 0.25) is 0 Å². The Balaban J connectivity index is 1.87. The van der Waals surface area contributed by atoms with Crippen molar-refractivity contribution in [2.24, 2.45) is 0 Å². The van der Waals surface area contributed by atoms with Crippen molar-refractivity contribution in [2.45, 2.75) is 24.8 Å². The molecule has 1 heterocycles. The topological polar surface area (TPSA) is 94.2 Å². The minimum absolute atomic E-state index is 0.366. The number of anilines is 1. The summed E-state index contributed by atoms with van der Waals surface area (Å²) in [6, 6.07) is 2.46. The first-order valence-electron chi connectivity index (χ1n) is 7.63. The van der Waals surface area contributed by atoms with E-state index in [1.165, 1.54) is 12.3 Å². The first kappa shape index (κ1) is 18.5. The monoisotopic (exact) mass is 385 g/mol. The molecule has 0 unspecified atom stereocenters. The van der Waals surface area contributed by atoms with Crippen LogP contribution in [-0.2, 0) is 0 Å². The largest absolute Gasteiger partial charge is 0.317 e. The predicted molar refractivity (Wildman–Crippen MR) is 84.9 cm³/mol. The van der Waals surface area contributed by atoms with E-state index in [0.29, 0.717) is 12.1 Å². The van der Waals surface area contributed by atoms with Crippen molar-refractivity contribution in [2.75, 3.05) is 5.32 Å². The Bertz CT molecular complexity index is 974. The number of rotatable bonds is 4. The SMILES string of the molecule is O=C(Nc1cccn(C2CC(F)(F)C2)c1=O)c1c(F)cc([N+](=O)[O-])cc1F. The van der Waals surface area contributed by atoms with Crippen LogP contribution in [0.1, 0.15) is 29.2 Å². The summed E-state index contributed by atoms with van der Waals surface area (Å²) >= 11 is 0. The van der Waals surface area contributed by atoms with Crippen LogP contribution in [0.5, 0.6) is 0 Å². The molecule has 1 fully saturated rings. The van der Waals surface area contributed by atoms with Gasteiger partial charge in [0.15, 0.2) is 0 Å². The fourth-order valence-corrected chi connectivity index (χ4v) is 2.79. The number of carbonyl (C=O) groups is 1. The number of nitrogens with one attached hydrogen (secondary N) is 1. The van der Waals surface area contributed by atoms with Crippen molar-refractivity contribution < 1.29 is 27.3 Å². The van der Waals surface area contributed by atoms with Gasteiger partial charge in [0.25, 0.3) is 23.1 Å². The quantitative estimate of drug-likeness (QED) is 0.497. The highest BCUT2D eigenvalue weighted by Gasteiger charge is 2.46. The molecule has 1 N–H and O–H groups in total. The van der Waals surface area contributed by atoms with Gasteiger partial charge >= 0.3 is 0 Å². The lowest BCUT2D eigenvalue weighted by Gasteiger charge is -2.36. The number of nitrogens with zero attached hydrogens (tertiary/aromatic N) is 2. The van der Waals surface area contributed by atoms with Crippen LogP contribution in [0.2, 0.25) is 0 Å². The van der Waals surface area contributed by atoms with E-state index >= 15 is 0 Å². The van der Waals surface area contributed by atoms with Crippen molar-refractivity contribution in [1.29, 1.82) is 0 Å². The van der Waals surface area contributed by atoms with E-state index in [9.17, 15) is 37.3 Å². The number of carbonyl (C=O) groups excluding carboxylic acids is 1. The van der Waals surface area contributed by atoms with Gasteiger partial charge in [-0.05, 0) is 12.1 Å². The van der Waals surface area contributed by atoms with Crippen LogP contribution in [0.3, 0.4) is 0 Å². The Labute approximate surface area is 148 Å². The molecule has 0 bridgehead atoms. The Kier molecular flexibility index (Phi) is 4.46. The minimum Gasteiger partial charge on any atom is -0.317 e. The van der Waals surface area contributed by atoms with Crippen molar-refractivity contribution in [3.05, 3.63) is 68.1 Å². The van der Waals surface area contributed by atoms with Crippen LogP contribution in [-0.4, -0.2) is 21.3 Å². The molecule has 11 heteroatoms. The summed E-state index contributed by atoms with van der Waals surface area (Å²) in [5.41, 5.74) is -3.16. The van der Waals surface area contributed by atoms with Gasteiger partial charge in [0, 0.05) is 25.1 Å². The maximum absolute atomic E-state index is 13.9. The third kappa shape index (κ3) is 3.52. The van der Waals surface area contributed by atoms with Crippen molar-refractivity contribution in [1.82, 2.24) is 4.57 Å². The Morgan fingerprint density at radius 3 is 2.37 bits per heavy atom. The average Bonchev–Trinajstić information content (AvgIpc) is 2.53.